The van der Waals surface area contributed by atoms with Gasteiger partial charge in [0.2, 0.25) is 0 Å². The maximum Gasteiger partial charge on any atom is 0.137 e. The number of hydrogen-bond donors (Lipinski definition) is 2. The van der Waals surface area contributed by atoms with Crippen LogP contribution in [-0.4, -0.2) is 28.1 Å². The van der Waals surface area contributed by atoms with Crippen LogP contribution in [0.5, 0.6) is 0 Å². The Morgan fingerprint density at radius 1 is 1.03 bits per heavy atom. The van der Waals surface area contributed by atoms with Gasteiger partial charge >= 0.3 is 0 Å². The number of hydrogen-bond acceptors (Lipinski definition) is 4. The summed E-state index contributed by atoms with van der Waals surface area (Å²) in [6.07, 6.45) is 9.36. The Morgan fingerprint density at radius 2 is 1.97 bits per heavy atom. The van der Waals surface area contributed by atoms with Crippen LogP contribution in [0.2, 0.25) is 0 Å². The van der Waals surface area contributed by atoms with Crippen molar-refractivity contribution in [1.29, 1.82) is 0 Å². The number of nitrogens with one attached hydrogen (secondary N) is 2. The van der Waals surface area contributed by atoms with Gasteiger partial charge in [-0.2, -0.15) is 0 Å². The average Bonchev–Trinajstić information content (AvgIpc) is 3.49. The zero-order valence-electron chi connectivity index (χ0n) is 17.7. The van der Waals surface area contributed by atoms with Gasteiger partial charge in [0.05, 0.1) is 13.2 Å². The van der Waals surface area contributed by atoms with Gasteiger partial charge in [0, 0.05) is 52.4 Å². The predicted octanol–water partition coefficient (Wildman–Crippen LogP) is 5.10. The largest absolute Gasteiger partial charge is 0.376 e. The van der Waals surface area contributed by atoms with Crippen molar-refractivity contribution in [3.63, 3.8) is 0 Å². The van der Waals surface area contributed by atoms with Crippen LogP contribution in [-0.2, 0) is 17.8 Å². The molecule has 0 saturated carbocycles. The third-order valence-electron chi connectivity index (χ3n) is 6.66. The van der Waals surface area contributed by atoms with E-state index in [1.807, 2.05) is 25.5 Å². The zero-order valence-corrected chi connectivity index (χ0v) is 17.7. The summed E-state index contributed by atoms with van der Waals surface area (Å²) in [5, 5.41) is 4.81. The minimum atomic E-state index is 0.425. The average molecular weight is 411 g/mol. The lowest BCUT2D eigenvalue weighted by Gasteiger charge is -2.24. The normalized spacial score (nSPS) is 18.4. The maximum atomic E-state index is 5.81. The lowest BCUT2D eigenvalue weighted by Crippen LogP contribution is -2.19. The fraction of sp³-hybridized carbons (Fsp3) is 0.308. The Balaban J connectivity index is 1.48. The second-order valence-corrected chi connectivity index (χ2v) is 8.67. The highest BCUT2D eigenvalue weighted by atomic mass is 16.5. The molecule has 0 spiro atoms. The molecular weight excluding hydrogens is 384 g/mol. The predicted molar refractivity (Wildman–Crippen MR) is 123 cm³/mol. The second-order valence-electron chi connectivity index (χ2n) is 8.67. The van der Waals surface area contributed by atoms with Crippen molar-refractivity contribution < 1.29 is 4.74 Å². The summed E-state index contributed by atoms with van der Waals surface area (Å²) in [5.74, 6) is 0. The van der Waals surface area contributed by atoms with E-state index in [0.717, 1.165) is 59.6 Å². The lowest BCUT2D eigenvalue weighted by molar-refractivity contribution is 0.109. The van der Waals surface area contributed by atoms with Gasteiger partial charge in [-0.25, -0.2) is 4.98 Å². The Kier molecular flexibility index (Phi) is 4.59. The van der Waals surface area contributed by atoms with Gasteiger partial charge < -0.3 is 15.0 Å². The summed E-state index contributed by atoms with van der Waals surface area (Å²) in [6, 6.07) is 11.6. The molecular formula is C26H26N4O. The third kappa shape index (κ3) is 3.34. The highest BCUT2D eigenvalue weighted by Gasteiger charge is 2.24. The molecule has 31 heavy (non-hydrogen) atoms. The summed E-state index contributed by atoms with van der Waals surface area (Å²) in [4.78, 5) is 12.5. The molecule has 0 amide bonds. The van der Waals surface area contributed by atoms with Gasteiger partial charge in [-0.05, 0) is 73.2 Å². The molecule has 0 aliphatic carbocycles. The molecule has 2 aliphatic heterocycles. The topological polar surface area (TPSA) is 62.8 Å². The minimum absolute atomic E-state index is 0.425. The van der Waals surface area contributed by atoms with Gasteiger partial charge in [0.25, 0.3) is 0 Å². The smallest absolute Gasteiger partial charge is 0.137 e. The molecule has 1 atom stereocenters. The van der Waals surface area contributed by atoms with E-state index in [0.29, 0.717) is 6.04 Å². The standard InChI is InChI=1S/C26H26N4O/c1-16-4-5-18(12-28-16)23-14-30-26-22(23)11-20(13-29-26)19-9-17-6-8-31-15-24(17)21(10-19)25-3-2-7-27-25/h4-5,9-14,25,27H,2-3,6-8,15H2,1H3,(H,29,30)/t25-/m0/s1. The number of aromatic nitrogens is 3. The van der Waals surface area contributed by atoms with E-state index >= 15 is 0 Å². The van der Waals surface area contributed by atoms with E-state index in [1.165, 1.54) is 35.1 Å². The first-order valence-electron chi connectivity index (χ1n) is 11.1. The molecule has 5 nitrogen and oxygen atoms in total. The lowest BCUT2D eigenvalue weighted by atomic mass is 9.88. The number of pyridine rings is 2. The molecule has 3 aromatic heterocycles. The molecule has 6 rings (SSSR count). The van der Waals surface area contributed by atoms with Gasteiger partial charge in [0.15, 0.2) is 0 Å². The zero-order chi connectivity index (χ0) is 20.8. The minimum Gasteiger partial charge on any atom is -0.376 e. The van der Waals surface area contributed by atoms with Crippen molar-refractivity contribution >= 4 is 11.0 Å². The molecule has 0 unspecified atom stereocenters. The summed E-state index contributed by atoms with van der Waals surface area (Å²) in [6.45, 7) is 4.63. The molecule has 5 heterocycles. The Bertz CT molecular complexity index is 1250. The fourth-order valence-electron chi connectivity index (χ4n) is 4.97. The number of H-pyrrole nitrogens is 1. The highest BCUT2D eigenvalue weighted by molar-refractivity contribution is 5.95. The monoisotopic (exact) mass is 410 g/mol. The molecule has 0 bridgehead atoms. The molecule has 2 aliphatic rings. The van der Waals surface area contributed by atoms with E-state index in [4.69, 9.17) is 9.72 Å². The van der Waals surface area contributed by atoms with Crippen molar-refractivity contribution in [3.8, 4) is 22.3 Å². The molecule has 1 aromatic carbocycles. The second kappa shape index (κ2) is 7.59. The molecule has 1 fully saturated rings. The molecule has 0 radical (unpaired) electrons. The third-order valence-corrected chi connectivity index (χ3v) is 6.66. The van der Waals surface area contributed by atoms with Crippen molar-refractivity contribution in [2.75, 3.05) is 13.2 Å². The number of rotatable bonds is 3. The summed E-state index contributed by atoms with van der Waals surface area (Å²) >= 11 is 0. The van der Waals surface area contributed by atoms with E-state index in [1.54, 1.807) is 0 Å². The number of fused-ring (bicyclic) bond motifs is 2. The van der Waals surface area contributed by atoms with Gasteiger partial charge in [-0.1, -0.05) is 12.1 Å². The Hall–Kier alpha value is -3.02. The summed E-state index contributed by atoms with van der Waals surface area (Å²) in [5.41, 5.74) is 10.8. The molecule has 4 aromatic rings. The van der Waals surface area contributed by atoms with Crippen LogP contribution in [0.3, 0.4) is 0 Å². The fourth-order valence-corrected chi connectivity index (χ4v) is 4.97. The van der Waals surface area contributed by atoms with Crippen LogP contribution in [0.25, 0.3) is 33.3 Å². The molecule has 2 N–H and O–H groups in total. The Morgan fingerprint density at radius 3 is 2.81 bits per heavy atom. The Labute approximate surface area is 181 Å². The first-order valence-corrected chi connectivity index (χ1v) is 11.1. The van der Waals surface area contributed by atoms with Gasteiger partial charge in [-0.15, -0.1) is 0 Å². The summed E-state index contributed by atoms with van der Waals surface area (Å²) in [7, 11) is 0. The van der Waals surface area contributed by atoms with E-state index in [2.05, 4.69) is 45.6 Å². The van der Waals surface area contributed by atoms with E-state index in [-0.39, 0.29) is 0 Å². The van der Waals surface area contributed by atoms with E-state index < -0.39 is 0 Å². The van der Waals surface area contributed by atoms with Crippen molar-refractivity contribution in [1.82, 2.24) is 20.3 Å². The maximum absolute atomic E-state index is 5.81. The van der Waals surface area contributed by atoms with Crippen molar-refractivity contribution in [2.24, 2.45) is 0 Å². The molecule has 1 saturated heterocycles. The van der Waals surface area contributed by atoms with Crippen molar-refractivity contribution in [3.05, 3.63) is 71.3 Å². The van der Waals surface area contributed by atoms with Crippen LogP contribution in [0.15, 0.2) is 48.9 Å². The van der Waals surface area contributed by atoms with Crippen LogP contribution >= 0.6 is 0 Å². The SMILES string of the molecule is Cc1ccc(-c2c[nH]c3ncc(-c4cc5c(c([C@@H]6CCCN6)c4)COCC5)cc23)cn1. The quantitative estimate of drug-likeness (QED) is 0.493. The number of nitrogens with zero attached hydrogens (tertiary/aromatic N) is 2. The number of aromatic amines is 1. The summed E-state index contributed by atoms with van der Waals surface area (Å²) < 4.78 is 5.81. The van der Waals surface area contributed by atoms with E-state index in [9.17, 15) is 0 Å². The van der Waals surface area contributed by atoms with Gasteiger partial charge in [0.1, 0.15) is 5.65 Å². The van der Waals surface area contributed by atoms with Crippen LogP contribution in [0.1, 0.15) is 41.3 Å². The number of aryl methyl sites for hydroxylation is 1. The first kappa shape index (κ1) is 18.7. The molecule has 156 valence electrons. The van der Waals surface area contributed by atoms with Crippen LogP contribution in [0.4, 0.5) is 0 Å². The van der Waals surface area contributed by atoms with Crippen LogP contribution < -0.4 is 5.32 Å². The van der Waals surface area contributed by atoms with Gasteiger partial charge in [-0.3, -0.25) is 4.98 Å². The number of ether oxygens (including phenoxy) is 1. The van der Waals surface area contributed by atoms with Crippen molar-refractivity contribution in [2.45, 2.75) is 38.8 Å². The highest BCUT2D eigenvalue weighted by Crippen LogP contribution is 2.36. The first-order chi connectivity index (χ1) is 15.3. The number of benzene rings is 1. The van der Waals surface area contributed by atoms with Crippen LogP contribution in [0, 0.1) is 6.92 Å². The molecule has 5 heteroatoms.